The quantitative estimate of drug-likeness (QED) is 0.895. The zero-order valence-corrected chi connectivity index (χ0v) is 14.1. The summed E-state index contributed by atoms with van der Waals surface area (Å²) in [7, 11) is -1.10. The fourth-order valence-electron chi connectivity index (χ4n) is 1.62. The molecule has 0 spiro atoms. The van der Waals surface area contributed by atoms with Gasteiger partial charge >= 0.3 is 10.3 Å². The van der Waals surface area contributed by atoms with Crippen LogP contribution in [0, 0.1) is 0 Å². The van der Waals surface area contributed by atoms with E-state index in [-0.39, 0.29) is 11.7 Å². The van der Waals surface area contributed by atoms with Crippen molar-refractivity contribution in [2.24, 2.45) is 0 Å². The third kappa shape index (κ3) is 4.44. The van der Waals surface area contributed by atoms with Gasteiger partial charge in [0.05, 0.1) is 10.7 Å². The van der Waals surface area contributed by atoms with Crippen molar-refractivity contribution in [3.8, 4) is 5.75 Å². The number of hydrogen-bond donors (Lipinski definition) is 1. The molecule has 122 valence electrons. The molecule has 0 aliphatic rings. The fraction of sp³-hybridized carbons (Fsp3) is 0.133. The van der Waals surface area contributed by atoms with Crippen LogP contribution in [0.2, 0.25) is 5.02 Å². The van der Waals surface area contributed by atoms with Crippen LogP contribution in [-0.4, -0.2) is 32.7 Å². The molecule has 0 fully saturated rings. The van der Waals surface area contributed by atoms with Crippen molar-refractivity contribution in [1.29, 1.82) is 0 Å². The minimum atomic E-state index is -3.82. The molecule has 0 aliphatic heterocycles. The number of benzene rings is 2. The lowest BCUT2D eigenvalue weighted by atomic mass is 10.2. The second kappa shape index (κ2) is 6.99. The molecule has 23 heavy (non-hydrogen) atoms. The Kier molecular flexibility index (Phi) is 5.25. The summed E-state index contributed by atoms with van der Waals surface area (Å²) in [5.74, 6) is -0.242. The van der Waals surface area contributed by atoms with Gasteiger partial charge < -0.3 is 9.50 Å². The van der Waals surface area contributed by atoms with Gasteiger partial charge in [-0.25, -0.2) is 0 Å². The van der Waals surface area contributed by atoms with E-state index in [1.807, 2.05) is 0 Å². The molecule has 2 rings (SSSR count). The van der Waals surface area contributed by atoms with Crippen molar-refractivity contribution in [1.82, 2.24) is 4.31 Å². The molecule has 0 unspecified atom stereocenters. The maximum Gasteiger partial charge on any atom is 0.384 e. The average Bonchev–Trinajstić information content (AvgIpc) is 2.49. The maximum absolute atomic E-state index is 12.1. The SMILES string of the molecule is CN(C)S(=O)(=O)Oc1ccc(C(=O)Nc2ccccc2Cl)cc1. The van der Waals surface area contributed by atoms with Crippen LogP contribution in [0.25, 0.3) is 0 Å². The van der Waals surface area contributed by atoms with Gasteiger partial charge in [-0.15, -0.1) is 0 Å². The van der Waals surface area contributed by atoms with E-state index in [0.29, 0.717) is 16.3 Å². The zero-order chi connectivity index (χ0) is 17.0. The van der Waals surface area contributed by atoms with E-state index in [9.17, 15) is 13.2 Å². The highest BCUT2D eigenvalue weighted by molar-refractivity contribution is 7.84. The van der Waals surface area contributed by atoms with E-state index in [1.165, 1.54) is 38.4 Å². The van der Waals surface area contributed by atoms with Gasteiger partial charge in [-0.2, -0.15) is 12.7 Å². The second-order valence-corrected chi connectivity index (χ2v) is 6.94. The lowest BCUT2D eigenvalue weighted by molar-refractivity contribution is 0.102. The third-order valence-corrected chi connectivity index (χ3v) is 4.51. The highest BCUT2D eigenvalue weighted by atomic mass is 35.5. The van der Waals surface area contributed by atoms with E-state index < -0.39 is 10.3 Å². The smallest absolute Gasteiger partial charge is 0.371 e. The number of rotatable bonds is 5. The topological polar surface area (TPSA) is 75.7 Å². The first-order valence-corrected chi connectivity index (χ1v) is 8.32. The summed E-state index contributed by atoms with van der Waals surface area (Å²) >= 11 is 5.98. The van der Waals surface area contributed by atoms with Crippen molar-refractivity contribution in [3.05, 3.63) is 59.1 Å². The van der Waals surface area contributed by atoms with E-state index in [4.69, 9.17) is 15.8 Å². The molecule has 2 aromatic rings. The number of nitrogens with one attached hydrogen (secondary N) is 1. The summed E-state index contributed by atoms with van der Waals surface area (Å²) in [6, 6.07) is 12.6. The van der Waals surface area contributed by atoms with Crippen LogP contribution in [0.5, 0.6) is 5.75 Å². The average molecular weight is 355 g/mol. The molecule has 2 aromatic carbocycles. The summed E-state index contributed by atoms with van der Waals surface area (Å²) in [6.07, 6.45) is 0. The fourth-order valence-corrected chi connectivity index (χ4v) is 2.30. The van der Waals surface area contributed by atoms with Crippen LogP contribution < -0.4 is 9.50 Å². The Morgan fingerprint density at radius 2 is 1.70 bits per heavy atom. The predicted molar refractivity (Wildman–Crippen MR) is 89.1 cm³/mol. The Bertz CT molecular complexity index is 804. The standard InChI is InChI=1S/C15H15ClN2O4S/c1-18(2)23(20,21)22-12-9-7-11(8-10-12)15(19)17-14-6-4-3-5-13(14)16/h3-10H,1-2H3,(H,17,19). The highest BCUT2D eigenvalue weighted by Crippen LogP contribution is 2.22. The Hall–Kier alpha value is -2.09. The lowest BCUT2D eigenvalue weighted by Crippen LogP contribution is -2.27. The molecule has 0 radical (unpaired) electrons. The summed E-state index contributed by atoms with van der Waals surface area (Å²) in [4.78, 5) is 12.1. The van der Waals surface area contributed by atoms with Crippen LogP contribution in [-0.2, 0) is 10.3 Å². The number of hydrogen-bond acceptors (Lipinski definition) is 4. The Morgan fingerprint density at radius 3 is 2.26 bits per heavy atom. The van der Waals surface area contributed by atoms with Crippen LogP contribution in [0.3, 0.4) is 0 Å². The summed E-state index contributed by atoms with van der Waals surface area (Å²) in [5.41, 5.74) is 0.842. The van der Waals surface area contributed by atoms with Gasteiger partial charge in [-0.05, 0) is 36.4 Å². The molecule has 0 bridgehead atoms. The predicted octanol–water partition coefficient (Wildman–Crippen LogP) is 2.78. The Labute approximate surface area is 139 Å². The lowest BCUT2D eigenvalue weighted by Gasteiger charge is -2.12. The van der Waals surface area contributed by atoms with Gasteiger partial charge in [0.1, 0.15) is 5.75 Å². The molecule has 0 heterocycles. The Morgan fingerprint density at radius 1 is 1.09 bits per heavy atom. The number of halogens is 1. The third-order valence-electron chi connectivity index (χ3n) is 2.89. The molecule has 0 aromatic heterocycles. The monoisotopic (exact) mass is 354 g/mol. The van der Waals surface area contributed by atoms with E-state index in [1.54, 1.807) is 24.3 Å². The van der Waals surface area contributed by atoms with Crippen molar-refractivity contribution >= 4 is 33.5 Å². The zero-order valence-electron chi connectivity index (χ0n) is 12.5. The maximum atomic E-state index is 12.1. The van der Waals surface area contributed by atoms with Crippen molar-refractivity contribution in [3.63, 3.8) is 0 Å². The molecular weight excluding hydrogens is 340 g/mol. The van der Waals surface area contributed by atoms with Crippen molar-refractivity contribution < 1.29 is 17.4 Å². The molecular formula is C15H15ClN2O4S. The van der Waals surface area contributed by atoms with E-state index >= 15 is 0 Å². The van der Waals surface area contributed by atoms with E-state index in [2.05, 4.69) is 5.32 Å². The molecule has 1 amide bonds. The first-order valence-electron chi connectivity index (χ1n) is 6.57. The van der Waals surface area contributed by atoms with E-state index in [0.717, 1.165) is 4.31 Å². The number of carbonyl (C=O) groups excluding carboxylic acids is 1. The second-order valence-electron chi connectivity index (χ2n) is 4.78. The first-order chi connectivity index (χ1) is 10.8. The highest BCUT2D eigenvalue weighted by Gasteiger charge is 2.16. The summed E-state index contributed by atoms with van der Waals surface area (Å²) < 4.78 is 29.0. The summed E-state index contributed by atoms with van der Waals surface area (Å²) in [6.45, 7) is 0. The van der Waals surface area contributed by atoms with Crippen molar-refractivity contribution in [2.45, 2.75) is 0 Å². The normalized spacial score (nSPS) is 11.3. The Balaban J connectivity index is 2.11. The van der Waals surface area contributed by atoms with Gasteiger partial charge in [0.15, 0.2) is 0 Å². The van der Waals surface area contributed by atoms with Crippen LogP contribution in [0.1, 0.15) is 10.4 Å². The molecule has 0 aliphatic carbocycles. The molecule has 6 nitrogen and oxygen atoms in total. The minimum Gasteiger partial charge on any atom is -0.371 e. The number of anilines is 1. The first kappa shape index (κ1) is 17.3. The molecule has 0 saturated heterocycles. The largest absolute Gasteiger partial charge is 0.384 e. The number of nitrogens with zero attached hydrogens (tertiary/aromatic N) is 1. The van der Waals surface area contributed by atoms with Gasteiger partial charge in [0, 0.05) is 19.7 Å². The molecule has 1 N–H and O–H groups in total. The van der Waals surface area contributed by atoms with Crippen LogP contribution >= 0.6 is 11.6 Å². The van der Waals surface area contributed by atoms with Crippen LogP contribution in [0.4, 0.5) is 5.69 Å². The number of amides is 1. The van der Waals surface area contributed by atoms with Gasteiger partial charge in [0.25, 0.3) is 5.91 Å². The van der Waals surface area contributed by atoms with Gasteiger partial charge in [-0.3, -0.25) is 4.79 Å². The molecule has 0 atom stereocenters. The minimum absolute atomic E-state index is 0.119. The van der Waals surface area contributed by atoms with Gasteiger partial charge in [0.2, 0.25) is 0 Å². The molecule has 8 heteroatoms. The molecule has 0 saturated carbocycles. The number of para-hydroxylation sites is 1. The van der Waals surface area contributed by atoms with Crippen molar-refractivity contribution in [2.75, 3.05) is 19.4 Å². The summed E-state index contributed by atoms with van der Waals surface area (Å²) in [5, 5.41) is 3.10. The number of carbonyl (C=O) groups is 1. The van der Waals surface area contributed by atoms with Crippen LogP contribution in [0.15, 0.2) is 48.5 Å². The van der Waals surface area contributed by atoms with Gasteiger partial charge in [-0.1, -0.05) is 23.7 Å².